The van der Waals surface area contributed by atoms with Gasteiger partial charge in [0, 0.05) is 18.0 Å². The highest BCUT2D eigenvalue weighted by atomic mass is 35.5. The van der Waals surface area contributed by atoms with Gasteiger partial charge in [-0.25, -0.2) is 13.1 Å². The number of benzene rings is 2. The lowest BCUT2D eigenvalue weighted by atomic mass is 10.1. The van der Waals surface area contributed by atoms with Crippen LogP contribution in [0.4, 0.5) is 0 Å². The highest BCUT2D eigenvalue weighted by Crippen LogP contribution is 2.20. The molecular formula is C17H18Cl2N2O3S. The first-order valence-electron chi connectivity index (χ1n) is 7.58. The largest absolute Gasteiger partial charge is 0.350 e. The van der Waals surface area contributed by atoms with Crippen molar-refractivity contribution in [3.05, 3.63) is 64.1 Å². The molecule has 2 N–H and O–H groups in total. The van der Waals surface area contributed by atoms with Crippen LogP contribution in [0.5, 0.6) is 0 Å². The van der Waals surface area contributed by atoms with E-state index in [1.54, 1.807) is 24.3 Å². The molecule has 0 bridgehead atoms. The van der Waals surface area contributed by atoms with E-state index in [-0.39, 0.29) is 34.8 Å². The maximum atomic E-state index is 12.2. The van der Waals surface area contributed by atoms with Gasteiger partial charge in [-0.15, -0.1) is 0 Å². The Hall–Kier alpha value is -1.60. The molecule has 0 spiro atoms. The monoisotopic (exact) mass is 400 g/mol. The molecule has 1 atom stereocenters. The van der Waals surface area contributed by atoms with Gasteiger partial charge in [0.1, 0.15) is 4.90 Å². The van der Waals surface area contributed by atoms with Crippen LogP contribution in [0.1, 0.15) is 24.9 Å². The van der Waals surface area contributed by atoms with E-state index in [2.05, 4.69) is 10.0 Å². The molecule has 0 saturated heterocycles. The number of rotatable bonds is 7. The Morgan fingerprint density at radius 3 is 2.36 bits per heavy atom. The molecule has 8 heteroatoms. The lowest BCUT2D eigenvalue weighted by molar-refractivity contribution is -0.121. The van der Waals surface area contributed by atoms with Crippen molar-refractivity contribution in [1.29, 1.82) is 0 Å². The minimum atomic E-state index is -3.75. The molecule has 0 radical (unpaired) electrons. The molecule has 0 fully saturated rings. The van der Waals surface area contributed by atoms with Gasteiger partial charge in [0.2, 0.25) is 15.9 Å². The topological polar surface area (TPSA) is 75.3 Å². The molecular weight excluding hydrogens is 383 g/mol. The predicted octanol–water partition coefficient (Wildman–Crippen LogP) is 3.54. The van der Waals surface area contributed by atoms with Gasteiger partial charge in [0.25, 0.3) is 0 Å². The van der Waals surface area contributed by atoms with Crippen LogP contribution in [0.2, 0.25) is 10.0 Å². The highest BCUT2D eigenvalue weighted by molar-refractivity contribution is 7.89. The van der Waals surface area contributed by atoms with Crippen molar-refractivity contribution in [2.45, 2.75) is 24.3 Å². The second-order valence-electron chi connectivity index (χ2n) is 5.42. The molecule has 1 amide bonds. The smallest absolute Gasteiger partial charge is 0.242 e. The number of amides is 1. The predicted molar refractivity (Wildman–Crippen MR) is 99.3 cm³/mol. The first kappa shape index (κ1) is 19.7. The van der Waals surface area contributed by atoms with Crippen LogP contribution in [0, 0.1) is 0 Å². The lowest BCUT2D eigenvalue weighted by Crippen LogP contribution is -2.32. The molecule has 1 unspecified atom stereocenters. The van der Waals surface area contributed by atoms with Gasteiger partial charge in [-0.3, -0.25) is 4.79 Å². The highest BCUT2D eigenvalue weighted by Gasteiger charge is 2.17. The van der Waals surface area contributed by atoms with E-state index < -0.39 is 10.0 Å². The Labute approximate surface area is 157 Å². The van der Waals surface area contributed by atoms with Crippen LogP contribution in [-0.4, -0.2) is 20.9 Å². The zero-order chi connectivity index (χ0) is 18.4. The number of halogens is 2. The second-order valence-corrected chi connectivity index (χ2v) is 8.00. The Balaban J connectivity index is 1.86. The molecule has 0 heterocycles. The van der Waals surface area contributed by atoms with Crippen molar-refractivity contribution in [2.75, 3.05) is 6.54 Å². The van der Waals surface area contributed by atoms with Crippen LogP contribution in [0.3, 0.4) is 0 Å². The summed E-state index contributed by atoms with van der Waals surface area (Å²) < 4.78 is 26.7. The number of carbonyl (C=O) groups excluding carboxylic acids is 1. The average Bonchev–Trinajstić information content (AvgIpc) is 2.55. The molecule has 5 nitrogen and oxygen atoms in total. The average molecular weight is 401 g/mol. The standard InChI is InChI=1S/C17H18Cl2N2O3S/c1-12(13-6-8-14(18)9-7-13)21-17(22)10-11-20-25(23,24)16-5-3-2-4-15(16)19/h2-9,12,20H,10-11H2,1H3,(H,21,22). The van der Waals surface area contributed by atoms with Crippen molar-refractivity contribution in [2.24, 2.45) is 0 Å². The first-order valence-corrected chi connectivity index (χ1v) is 9.82. The minimum Gasteiger partial charge on any atom is -0.350 e. The molecule has 2 aromatic rings. The molecule has 2 aromatic carbocycles. The summed E-state index contributed by atoms with van der Waals surface area (Å²) in [6.45, 7) is 1.82. The van der Waals surface area contributed by atoms with Gasteiger partial charge in [0.05, 0.1) is 11.1 Å². The van der Waals surface area contributed by atoms with E-state index in [0.29, 0.717) is 5.02 Å². The van der Waals surface area contributed by atoms with Gasteiger partial charge in [-0.1, -0.05) is 47.5 Å². The zero-order valence-corrected chi connectivity index (χ0v) is 15.8. The van der Waals surface area contributed by atoms with E-state index in [9.17, 15) is 13.2 Å². The van der Waals surface area contributed by atoms with Gasteiger partial charge in [-0.05, 0) is 36.8 Å². The number of sulfonamides is 1. The SMILES string of the molecule is CC(NC(=O)CCNS(=O)(=O)c1ccccc1Cl)c1ccc(Cl)cc1. The number of hydrogen-bond acceptors (Lipinski definition) is 3. The van der Waals surface area contributed by atoms with Gasteiger partial charge in [0.15, 0.2) is 0 Å². The van der Waals surface area contributed by atoms with Crippen molar-refractivity contribution in [3.63, 3.8) is 0 Å². The third-order valence-electron chi connectivity index (χ3n) is 3.52. The summed E-state index contributed by atoms with van der Waals surface area (Å²) in [4.78, 5) is 12.0. The van der Waals surface area contributed by atoms with Gasteiger partial charge in [-0.2, -0.15) is 0 Å². The van der Waals surface area contributed by atoms with Crippen molar-refractivity contribution < 1.29 is 13.2 Å². The van der Waals surface area contributed by atoms with Crippen LogP contribution >= 0.6 is 23.2 Å². The quantitative estimate of drug-likeness (QED) is 0.745. The first-order chi connectivity index (χ1) is 11.8. The summed E-state index contributed by atoms with van der Waals surface area (Å²) in [5.74, 6) is -0.260. The van der Waals surface area contributed by atoms with Crippen LogP contribution < -0.4 is 10.0 Å². The summed E-state index contributed by atoms with van der Waals surface area (Å²) in [7, 11) is -3.75. The fraction of sp³-hybridized carbons (Fsp3) is 0.235. The second kappa shape index (κ2) is 8.67. The summed E-state index contributed by atoms with van der Waals surface area (Å²) in [5, 5.41) is 3.57. The summed E-state index contributed by atoms with van der Waals surface area (Å²) in [5.41, 5.74) is 0.911. The van der Waals surface area contributed by atoms with Gasteiger partial charge >= 0.3 is 0 Å². The van der Waals surface area contributed by atoms with E-state index in [0.717, 1.165) is 5.56 Å². The maximum Gasteiger partial charge on any atom is 0.242 e. The molecule has 0 saturated carbocycles. The van der Waals surface area contributed by atoms with Crippen LogP contribution in [0.15, 0.2) is 53.4 Å². The molecule has 0 aliphatic carbocycles. The van der Waals surface area contributed by atoms with Crippen LogP contribution in [0.25, 0.3) is 0 Å². The summed E-state index contributed by atoms with van der Waals surface area (Å²) in [6, 6.07) is 13.1. The molecule has 0 aromatic heterocycles. The third-order valence-corrected chi connectivity index (χ3v) is 5.73. The fourth-order valence-electron chi connectivity index (χ4n) is 2.19. The zero-order valence-electron chi connectivity index (χ0n) is 13.5. The molecule has 0 aliphatic heterocycles. The molecule has 0 aliphatic rings. The van der Waals surface area contributed by atoms with Crippen molar-refractivity contribution in [1.82, 2.24) is 10.0 Å². The Morgan fingerprint density at radius 1 is 1.08 bits per heavy atom. The van der Waals surface area contributed by atoms with Gasteiger partial charge < -0.3 is 5.32 Å². The Kier molecular flexibility index (Phi) is 6.84. The fourth-order valence-corrected chi connectivity index (χ4v) is 3.86. The molecule has 2 rings (SSSR count). The van der Waals surface area contributed by atoms with E-state index in [1.165, 1.54) is 12.1 Å². The summed E-state index contributed by atoms with van der Waals surface area (Å²) >= 11 is 11.7. The van der Waals surface area contributed by atoms with Crippen LogP contribution in [-0.2, 0) is 14.8 Å². The van der Waals surface area contributed by atoms with E-state index in [1.807, 2.05) is 19.1 Å². The van der Waals surface area contributed by atoms with E-state index >= 15 is 0 Å². The molecule has 25 heavy (non-hydrogen) atoms. The lowest BCUT2D eigenvalue weighted by Gasteiger charge is -2.14. The Bertz CT molecular complexity index is 839. The number of nitrogens with one attached hydrogen (secondary N) is 2. The number of hydrogen-bond donors (Lipinski definition) is 2. The minimum absolute atomic E-state index is 0.00777. The molecule has 134 valence electrons. The Morgan fingerprint density at radius 2 is 1.72 bits per heavy atom. The third kappa shape index (κ3) is 5.71. The van der Waals surface area contributed by atoms with E-state index in [4.69, 9.17) is 23.2 Å². The maximum absolute atomic E-state index is 12.2. The van der Waals surface area contributed by atoms with Crippen molar-refractivity contribution in [3.8, 4) is 0 Å². The normalized spacial score (nSPS) is 12.6. The summed E-state index contributed by atoms with van der Waals surface area (Å²) in [6.07, 6.45) is 0.0155. The number of carbonyl (C=O) groups is 1. The van der Waals surface area contributed by atoms with Crippen molar-refractivity contribution >= 4 is 39.1 Å².